The van der Waals surface area contributed by atoms with Crippen molar-refractivity contribution in [3.05, 3.63) is 33.7 Å². The van der Waals surface area contributed by atoms with Crippen LogP contribution in [0.5, 0.6) is 0 Å². The van der Waals surface area contributed by atoms with E-state index in [9.17, 15) is 10.1 Å². The number of rotatable bonds is 2. The summed E-state index contributed by atoms with van der Waals surface area (Å²) >= 11 is 1.56. The summed E-state index contributed by atoms with van der Waals surface area (Å²) in [5.74, 6) is 0.672. The third-order valence-corrected chi connectivity index (χ3v) is 7.03. The van der Waals surface area contributed by atoms with Gasteiger partial charge < -0.3 is 9.64 Å². The second kappa shape index (κ2) is 6.93. The Bertz CT molecular complexity index is 724. The molecule has 4 nitrogen and oxygen atoms in total. The number of thiophene rings is 1. The summed E-state index contributed by atoms with van der Waals surface area (Å²) in [5.41, 5.74) is 1.51. The molecule has 0 radical (unpaired) electrons. The summed E-state index contributed by atoms with van der Waals surface area (Å²) in [6.07, 6.45) is 9.54. The number of hydrogen-bond donors (Lipinski definition) is 0. The van der Waals surface area contributed by atoms with Crippen molar-refractivity contribution >= 4 is 17.2 Å². The lowest BCUT2D eigenvalue weighted by Crippen LogP contribution is -2.38. The second-order valence-corrected chi connectivity index (χ2v) is 8.27. The first-order valence-electron chi connectivity index (χ1n) is 9.33. The summed E-state index contributed by atoms with van der Waals surface area (Å²) in [4.78, 5) is 16.2. The number of ether oxygens (including phenoxy) is 1. The molecule has 1 aromatic heterocycles. The van der Waals surface area contributed by atoms with E-state index >= 15 is 0 Å². The summed E-state index contributed by atoms with van der Waals surface area (Å²) < 4.78 is 5.43. The van der Waals surface area contributed by atoms with Crippen molar-refractivity contribution in [1.29, 1.82) is 5.26 Å². The molecule has 1 atom stereocenters. The fourth-order valence-electron chi connectivity index (χ4n) is 4.38. The topological polar surface area (TPSA) is 53.3 Å². The zero-order chi connectivity index (χ0) is 17.3. The Labute approximate surface area is 153 Å². The number of allylic oxidation sites excluding steroid dienone is 2. The molecule has 132 valence electrons. The largest absolute Gasteiger partial charge is 0.381 e. The van der Waals surface area contributed by atoms with Gasteiger partial charge in [0.15, 0.2) is 0 Å². The molecule has 1 amide bonds. The zero-order valence-corrected chi connectivity index (χ0v) is 15.3. The van der Waals surface area contributed by atoms with Gasteiger partial charge >= 0.3 is 0 Å². The van der Waals surface area contributed by atoms with Crippen LogP contribution in [0.3, 0.4) is 0 Å². The fraction of sp³-hybridized carbons (Fsp3) is 0.600. The van der Waals surface area contributed by atoms with Crippen molar-refractivity contribution in [2.24, 2.45) is 5.92 Å². The standard InChI is InChI=1S/C20H24N2O2S/c21-14-20(7-10-24-11-8-20)18-12-16(13-25-18)19(23)22-9-3-5-15-4-1-2-6-17(15)22/h6,12-13,15H,1-5,7-11H2. The third kappa shape index (κ3) is 3.02. The summed E-state index contributed by atoms with van der Waals surface area (Å²) in [5, 5.41) is 11.7. The van der Waals surface area contributed by atoms with Gasteiger partial charge in [-0.3, -0.25) is 4.79 Å². The number of hydrogen-bond acceptors (Lipinski definition) is 4. The van der Waals surface area contributed by atoms with Crippen LogP contribution in [0.1, 0.15) is 60.2 Å². The molecule has 0 aromatic carbocycles. The van der Waals surface area contributed by atoms with Crippen LogP contribution in [0.4, 0.5) is 0 Å². The zero-order valence-electron chi connectivity index (χ0n) is 14.5. The number of amides is 1. The predicted octanol–water partition coefficient (Wildman–Crippen LogP) is 4.24. The molecule has 2 saturated heterocycles. The Morgan fingerprint density at radius 2 is 2.12 bits per heavy atom. The van der Waals surface area contributed by atoms with E-state index in [0.717, 1.165) is 29.8 Å². The molecule has 0 N–H and O–H groups in total. The van der Waals surface area contributed by atoms with Crippen molar-refractivity contribution in [3.8, 4) is 6.07 Å². The van der Waals surface area contributed by atoms with Gasteiger partial charge in [-0.2, -0.15) is 5.26 Å². The van der Waals surface area contributed by atoms with Gasteiger partial charge in [0, 0.05) is 35.7 Å². The summed E-state index contributed by atoms with van der Waals surface area (Å²) in [6.45, 7) is 2.06. The van der Waals surface area contributed by atoms with E-state index in [-0.39, 0.29) is 5.91 Å². The van der Waals surface area contributed by atoms with Gasteiger partial charge in [-0.25, -0.2) is 0 Å². The van der Waals surface area contributed by atoms with Crippen molar-refractivity contribution in [3.63, 3.8) is 0 Å². The number of nitriles is 1. The quantitative estimate of drug-likeness (QED) is 0.796. The van der Waals surface area contributed by atoms with E-state index in [1.165, 1.54) is 25.0 Å². The minimum atomic E-state index is -0.476. The first-order chi connectivity index (χ1) is 12.2. The lowest BCUT2D eigenvalue weighted by molar-refractivity contribution is 0.0684. The number of carbonyl (C=O) groups excluding carboxylic acids is 1. The monoisotopic (exact) mass is 356 g/mol. The highest BCUT2D eigenvalue weighted by Crippen LogP contribution is 2.39. The first kappa shape index (κ1) is 16.8. The van der Waals surface area contributed by atoms with E-state index < -0.39 is 5.41 Å². The van der Waals surface area contributed by atoms with Crippen molar-refractivity contribution in [1.82, 2.24) is 4.90 Å². The minimum absolute atomic E-state index is 0.112. The lowest BCUT2D eigenvalue weighted by Gasteiger charge is -2.37. The highest BCUT2D eigenvalue weighted by molar-refractivity contribution is 7.10. The molecule has 2 aliphatic heterocycles. The molecule has 0 saturated carbocycles. The molecule has 1 aliphatic carbocycles. The van der Waals surface area contributed by atoms with Crippen LogP contribution in [0, 0.1) is 17.2 Å². The second-order valence-electron chi connectivity index (χ2n) is 7.36. The van der Waals surface area contributed by atoms with Crippen LogP contribution >= 0.6 is 11.3 Å². The SMILES string of the molecule is N#CC1(c2cc(C(=O)N3CCCC4CCCC=C43)cs2)CCOCC1. The van der Waals surface area contributed by atoms with Crippen LogP contribution in [0.15, 0.2) is 23.2 Å². The molecular formula is C20H24N2O2S. The van der Waals surface area contributed by atoms with E-state index in [2.05, 4.69) is 12.1 Å². The van der Waals surface area contributed by atoms with E-state index in [0.29, 0.717) is 32.0 Å². The molecule has 0 bridgehead atoms. The maximum Gasteiger partial charge on any atom is 0.258 e. The maximum absolute atomic E-state index is 13.1. The Balaban J connectivity index is 1.58. The number of carbonyl (C=O) groups is 1. The maximum atomic E-state index is 13.1. The van der Waals surface area contributed by atoms with Crippen LogP contribution in [0.25, 0.3) is 0 Å². The molecule has 25 heavy (non-hydrogen) atoms. The highest BCUT2D eigenvalue weighted by atomic mass is 32.1. The normalized spacial score (nSPS) is 25.6. The van der Waals surface area contributed by atoms with Crippen LogP contribution in [-0.4, -0.2) is 30.6 Å². The Morgan fingerprint density at radius 3 is 2.92 bits per heavy atom. The van der Waals surface area contributed by atoms with Gasteiger partial charge in [0.1, 0.15) is 0 Å². The predicted molar refractivity (Wildman–Crippen MR) is 97.4 cm³/mol. The third-order valence-electron chi connectivity index (χ3n) is 5.90. The average Bonchev–Trinajstić information content (AvgIpc) is 3.18. The number of fused-ring (bicyclic) bond motifs is 1. The van der Waals surface area contributed by atoms with Gasteiger partial charge in [0.05, 0.1) is 17.0 Å². The van der Waals surface area contributed by atoms with E-state index in [1.807, 2.05) is 16.3 Å². The van der Waals surface area contributed by atoms with Crippen LogP contribution < -0.4 is 0 Å². The fourth-order valence-corrected chi connectivity index (χ4v) is 5.48. The van der Waals surface area contributed by atoms with E-state index in [4.69, 9.17) is 4.74 Å². The molecule has 2 fully saturated rings. The highest BCUT2D eigenvalue weighted by Gasteiger charge is 2.37. The van der Waals surface area contributed by atoms with Crippen molar-refractivity contribution in [2.75, 3.05) is 19.8 Å². The minimum Gasteiger partial charge on any atom is -0.381 e. The first-order valence-corrected chi connectivity index (χ1v) is 10.2. The van der Waals surface area contributed by atoms with E-state index in [1.54, 1.807) is 11.3 Å². The lowest BCUT2D eigenvalue weighted by atomic mass is 9.80. The Morgan fingerprint density at radius 1 is 1.32 bits per heavy atom. The van der Waals surface area contributed by atoms with Crippen molar-refractivity contribution in [2.45, 2.75) is 50.4 Å². The Hall–Kier alpha value is -1.64. The molecule has 1 aromatic rings. The smallest absolute Gasteiger partial charge is 0.258 e. The van der Waals surface area contributed by atoms with Crippen LogP contribution in [0.2, 0.25) is 0 Å². The van der Waals surface area contributed by atoms with Gasteiger partial charge in [0.2, 0.25) is 0 Å². The van der Waals surface area contributed by atoms with Gasteiger partial charge in [-0.05, 0) is 56.9 Å². The number of nitrogens with zero attached hydrogens (tertiary/aromatic N) is 2. The van der Waals surface area contributed by atoms with Crippen molar-refractivity contribution < 1.29 is 9.53 Å². The van der Waals surface area contributed by atoms with Gasteiger partial charge in [-0.15, -0.1) is 11.3 Å². The molecule has 1 unspecified atom stereocenters. The molecule has 3 heterocycles. The van der Waals surface area contributed by atoms with Gasteiger partial charge in [0.25, 0.3) is 5.91 Å². The van der Waals surface area contributed by atoms with Crippen LogP contribution in [-0.2, 0) is 10.2 Å². The molecule has 0 spiro atoms. The molecule has 4 rings (SSSR count). The summed E-state index contributed by atoms with van der Waals surface area (Å²) in [7, 11) is 0. The van der Waals surface area contributed by atoms with Gasteiger partial charge in [-0.1, -0.05) is 6.08 Å². The molecular weight excluding hydrogens is 332 g/mol. The molecule has 5 heteroatoms. The number of piperidine rings is 1. The Kier molecular flexibility index (Phi) is 4.66. The summed E-state index contributed by atoms with van der Waals surface area (Å²) in [6, 6.07) is 4.47. The number of likely N-dealkylation sites (tertiary alicyclic amines) is 1. The molecule has 3 aliphatic rings. The average molecular weight is 356 g/mol.